The van der Waals surface area contributed by atoms with Gasteiger partial charge >= 0.3 is 0 Å². The van der Waals surface area contributed by atoms with Gasteiger partial charge in [0.1, 0.15) is 10.8 Å². The highest BCUT2D eigenvalue weighted by atomic mass is 32.1. The third-order valence-corrected chi connectivity index (χ3v) is 3.14. The second kappa shape index (κ2) is 7.40. The van der Waals surface area contributed by atoms with E-state index in [1.54, 1.807) is 7.11 Å². The summed E-state index contributed by atoms with van der Waals surface area (Å²) in [6.45, 7) is 6.75. The minimum absolute atomic E-state index is 0.219. The maximum absolute atomic E-state index is 5.81. The van der Waals surface area contributed by atoms with Crippen molar-refractivity contribution in [3.05, 3.63) is 22.9 Å². The summed E-state index contributed by atoms with van der Waals surface area (Å²) < 4.78 is 5.24. The Bertz CT molecular complexity index is 443. The second-order valence-corrected chi connectivity index (χ2v) is 5.19. The molecule has 5 heteroatoms. The zero-order valence-electron chi connectivity index (χ0n) is 12.1. The molecule has 3 N–H and O–H groups in total. The zero-order valence-corrected chi connectivity index (χ0v) is 12.9. The molecule has 106 valence electrons. The van der Waals surface area contributed by atoms with Crippen LogP contribution >= 0.6 is 12.2 Å². The van der Waals surface area contributed by atoms with E-state index in [0.29, 0.717) is 11.6 Å². The Labute approximate surface area is 120 Å². The topological polar surface area (TPSA) is 60.2 Å². The summed E-state index contributed by atoms with van der Waals surface area (Å²) in [5.41, 5.74) is 8.64. The fraction of sp³-hybridized carbons (Fsp3) is 0.571. The summed E-state index contributed by atoms with van der Waals surface area (Å²) in [5.74, 6) is 0.764. The van der Waals surface area contributed by atoms with E-state index in [9.17, 15) is 0 Å². The van der Waals surface area contributed by atoms with Crippen molar-refractivity contribution in [1.29, 1.82) is 0 Å². The molecule has 0 aliphatic rings. The van der Waals surface area contributed by atoms with E-state index in [0.717, 1.165) is 35.5 Å². The highest BCUT2D eigenvalue weighted by Crippen LogP contribution is 2.20. The predicted molar refractivity (Wildman–Crippen MR) is 83.8 cm³/mol. The smallest absolute Gasteiger partial charge is 0.137 e. The number of pyridine rings is 1. The Kier molecular flexibility index (Phi) is 6.18. The Morgan fingerprint density at radius 1 is 1.53 bits per heavy atom. The van der Waals surface area contributed by atoms with Gasteiger partial charge in [0.2, 0.25) is 0 Å². The van der Waals surface area contributed by atoms with Crippen LogP contribution in [0.5, 0.6) is 0 Å². The molecular formula is C14H23N3OS. The molecule has 1 heterocycles. The zero-order chi connectivity index (χ0) is 14.4. The molecule has 0 bridgehead atoms. The highest BCUT2D eigenvalue weighted by Gasteiger charge is 2.15. The van der Waals surface area contributed by atoms with Crippen molar-refractivity contribution in [3.8, 4) is 0 Å². The molecule has 1 rings (SSSR count). The van der Waals surface area contributed by atoms with Crippen molar-refractivity contribution in [2.24, 2.45) is 5.73 Å². The van der Waals surface area contributed by atoms with Crippen LogP contribution in [0.2, 0.25) is 0 Å². The van der Waals surface area contributed by atoms with Crippen molar-refractivity contribution >= 4 is 23.0 Å². The molecule has 1 aromatic heterocycles. The Balaban J connectivity index is 3.06. The summed E-state index contributed by atoms with van der Waals surface area (Å²) in [5, 5.41) is 3.41. The summed E-state index contributed by atoms with van der Waals surface area (Å²) in [7, 11) is 1.70. The second-order valence-electron chi connectivity index (χ2n) is 4.75. The van der Waals surface area contributed by atoms with Gasteiger partial charge in [0.15, 0.2) is 0 Å². The standard InChI is InChI=1S/C14H23N3OS/c1-5-6-11(8-18-4)17-14-12(13(15)19)9(2)7-10(3)16-14/h7,11H,5-6,8H2,1-4H3,(H2,15,19)(H,16,17). The van der Waals surface area contributed by atoms with Gasteiger partial charge < -0.3 is 15.8 Å². The van der Waals surface area contributed by atoms with E-state index < -0.39 is 0 Å². The van der Waals surface area contributed by atoms with Gasteiger partial charge in [-0.2, -0.15) is 0 Å². The van der Waals surface area contributed by atoms with Crippen molar-refractivity contribution < 1.29 is 4.74 Å². The number of nitrogens with two attached hydrogens (primary N) is 1. The number of nitrogens with zero attached hydrogens (tertiary/aromatic N) is 1. The van der Waals surface area contributed by atoms with Gasteiger partial charge in [-0.25, -0.2) is 4.98 Å². The minimum atomic E-state index is 0.219. The van der Waals surface area contributed by atoms with Crippen molar-refractivity contribution in [2.45, 2.75) is 39.7 Å². The van der Waals surface area contributed by atoms with E-state index in [1.165, 1.54) is 0 Å². The predicted octanol–water partition coefficient (Wildman–Crippen LogP) is 2.56. The molecule has 0 amide bonds. The quantitative estimate of drug-likeness (QED) is 0.752. The van der Waals surface area contributed by atoms with Crippen LogP contribution in [0.4, 0.5) is 5.82 Å². The number of thiocarbonyl (C=S) groups is 1. The van der Waals surface area contributed by atoms with Gasteiger partial charge in [-0.15, -0.1) is 0 Å². The molecule has 0 radical (unpaired) electrons. The van der Waals surface area contributed by atoms with Gasteiger partial charge in [0.05, 0.1) is 18.2 Å². The molecule has 0 spiro atoms. The van der Waals surface area contributed by atoms with Crippen molar-refractivity contribution in [2.75, 3.05) is 19.0 Å². The van der Waals surface area contributed by atoms with E-state index in [4.69, 9.17) is 22.7 Å². The van der Waals surface area contributed by atoms with E-state index >= 15 is 0 Å². The first-order valence-corrected chi connectivity index (χ1v) is 6.93. The van der Waals surface area contributed by atoms with Crippen LogP contribution < -0.4 is 11.1 Å². The average Bonchev–Trinajstić information content (AvgIpc) is 2.27. The van der Waals surface area contributed by atoms with Crippen LogP contribution in [0, 0.1) is 13.8 Å². The van der Waals surface area contributed by atoms with Gasteiger partial charge in [-0.05, 0) is 31.9 Å². The third-order valence-electron chi connectivity index (χ3n) is 2.94. The van der Waals surface area contributed by atoms with Gasteiger partial charge in [-0.3, -0.25) is 0 Å². The third kappa shape index (κ3) is 4.44. The molecule has 0 fully saturated rings. The fourth-order valence-corrected chi connectivity index (χ4v) is 2.45. The number of anilines is 1. The molecule has 0 aliphatic carbocycles. The molecule has 1 unspecified atom stereocenters. The Hall–Kier alpha value is -1.20. The number of nitrogens with one attached hydrogen (secondary N) is 1. The first-order chi connectivity index (χ1) is 8.99. The molecule has 1 atom stereocenters. The SMILES string of the molecule is CCCC(COC)Nc1nc(C)cc(C)c1C(N)=S. The Morgan fingerprint density at radius 3 is 2.74 bits per heavy atom. The summed E-state index contributed by atoms with van der Waals surface area (Å²) in [6.07, 6.45) is 2.09. The first kappa shape index (κ1) is 15.9. The van der Waals surface area contributed by atoms with Crippen LogP contribution in [-0.2, 0) is 4.74 Å². The number of ether oxygens (including phenoxy) is 1. The lowest BCUT2D eigenvalue weighted by Gasteiger charge is -2.21. The molecule has 0 saturated heterocycles. The summed E-state index contributed by atoms with van der Waals surface area (Å²) in [4.78, 5) is 4.90. The van der Waals surface area contributed by atoms with E-state index in [-0.39, 0.29) is 6.04 Å². The lowest BCUT2D eigenvalue weighted by atomic mass is 10.1. The van der Waals surface area contributed by atoms with E-state index in [2.05, 4.69) is 17.2 Å². The van der Waals surface area contributed by atoms with Crippen LogP contribution in [-0.4, -0.2) is 29.7 Å². The number of aromatic nitrogens is 1. The monoisotopic (exact) mass is 281 g/mol. The maximum atomic E-state index is 5.81. The van der Waals surface area contributed by atoms with Crippen molar-refractivity contribution in [3.63, 3.8) is 0 Å². The largest absolute Gasteiger partial charge is 0.389 e. The number of methoxy groups -OCH3 is 1. The fourth-order valence-electron chi connectivity index (χ4n) is 2.19. The molecule has 1 aromatic rings. The number of aryl methyl sites for hydroxylation is 2. The van der Waals surface area contributed by atoms with Gasteiger partial charge in [0.25, 0.3) is 0 Å². The van der Waals surface area contributed by atoms with Crippen LogP contribution in [0.25, 0.3) is 0 Å². The van der Waals surface area contributed by atoms with Crippen molar-refractivity contribution in [1.82, 2.24) is 4.98 Å². The van der Waals surface area contributed by atoms with Crippen LogP contribution in [0.15, 0.2) is 6.07 Å². The molecule has 4 nitrogen and oxygen atoms in total. The van der Waals surface area contributed by atoms with Crippen LogP contribution in [0.1, 0.15) is 36.6 Å². The molecule has 0 aliphatic heterocycles. The summed E-state index contributed by atoms with van der Waals surface area (Å²) >= 11 is 5.13. The van der Waals surface area contributed by atoms with Gasteiger partial charge in [0, 0.05) is 12.8 Å². The maximum Gasteiger partial charge on any atom is 0.137 e. The van der Waals surface area contributed by atoms with Crippen LogP contribution in [0.3, 0.4) is 0 Å². The highest BCUT2D eigenvalue weighted by molar-refractivity contribution is 7.80. The Morgan fingerprint density at radius 2 is 2.21 bits per heavy atom. The minimum Gasteiger partial charge on any atom is -0.389 e. The molecule has 0 saturated carbocycles. The number of hydrogen-bond donors (Lipinski definition) is 2. The molecule has 0 aromatic carbocycles. The molecule has 19 heavy (non-hydrogen) atoms. The summed E-state index contributed by atoms with van der Waals surface area (Å²) in [6, 6.07) is 2.21. The average molecular weight is 281 g/mol. The lowest BCUT2D eigenvalue weighted by Crippen LogP contribution is -2.27. The van der Waals surface area contributed by atoms with E-state index in [1.807, 2.05) is 19.9 Å². The normalized spacial score (nSPS) is 12.2. The first-order valence-electron chi connectivity index (χ1n) is 6.53. The number of rotatable bonds is 7. The van der Waals surface area contributed by atoms with Gasteiger partial charge in [-0.1, -0.05) is 25.6 Å². The number of hydrogen-bond acceptors (Lipinski definition) is 4. The lowest BCUT2D eigenvalue weighted by molar-refractivity contribution is 0.182. The molecular weight excluding hydrogens is 258 g/mol.